The van der Waals surface area contributed by atoms with Gasteiger partial charge in [0.2, 0.25) is 0 Å². The van der Waals surface area contributed by atoms with Crippen LogP contribution < -0.4 is 14.9 Å². The van der Waals surface area contributed by atoms with Crippen LogP contribution in [0.3, 0.4) is 0 Å². The van der Waals surface area contributed by atoms with E-state index >= 15 is 0 Å². The summed E-state index contributed by atoms with van der Waals surface area (Å²) in [6.45, 7) is 0. The summed E-state index contributed by atoms with van der Waals surface area (Å²) in [5, 5.41) is 20.8. The van der Waals surface area contributed by atoms with Crippen molar-refractivity contribution in [1.82, 2.24) is 9.78 Å². The predicted molar refractivity (Wildman–Crippen MR) is 157 cm³/mol. The number of sulfonamides is 1. The van der Waals surface area contributed by atoms with Crippen LogP contribution >= 0.6 is 0 Å². The van der Waals surface area contributed by atoms with Crippen LogP contribution in [0.5, 0.6) is 5.75 Å². The molecule has 206 valence electrons. The Hall–Kier alpha value is -5.49. The lowest BCUT2D eigenvalue weighted by atomic mass is 10.1. The number of nitrogens with zero attached hydrogens (tertiary/aromatic N) is 4. The summed E-state index contributed by atoms with van der Waals surface area (Å²) < 4.78 is 35.3. The molecule has 0 bridgehead atoms. The fourth-order valence-corrected chi connectivity index (χ4v) is 5.13. The number of ether oxygens (including phenoxy) is 1. The van der Waals surface area contributed by atoms with E-state index in [2.05, 4.69) is 15.2 Å². The van der Waals surface area contributed by atoms with Gasteiger partial charge < -0.3 is 4.74 Å². The summed E-state index contributed by atoms with van der Waals surface area (Å²) in [5.41, 5.74) is 5.47. The molecule has 41 heavy (non-hydrogen) atoms. The van der Waals surface area contributed by atoms with Crippen molar-refractivity contribution < 1.29 is 18.1 Å². The van der Waals surface area contributed by atoms with Crippen molar-refractivity contribution in [3.05, 3.63) is 125 Å². The second kappa shape index (κ2) is 11.7. The van der Waals surface area contributed by atoms with Crippen molar-refractivity contribution in [3.63, 3.8) is 0 Å². The first-order valence-corrected chi connectivity index (χ1v) is 13.8. The summed E-state index contributed by atoms with van der Waals surface area (Å²) in [6, 6.07) is 29.1. The molecule has 0 aliphatic heterocycles. The first-order valence-electron chi connectivity index (χ1n) is 12.3. The van der Waals surface area contributed by atoms with Gasteiger partial charge in [-0.1, -0.05) is 60.7 Å². The lowest BCUT2D eigenvalue weighted by Crippen LogP contribution is -2.14. The summed E-state index contributed by atoms with van der Waals surface area (Å²) in [6.07, 6.45) is 3.31. The highest BCUT2D eigenvalue weighted by Crippen LogP contribution is 2.31. The number of hydrogen-bond donors (Lipinski definition) is 2. The zero-order chi connectivity index (χ0) is 28.8. The Morgan fingerprint density at radius 2 is 1.61 bits per heavy atom. The van der Waals surface area contributed by atoms with Gasteiger partial charge >= 0.3 is 0 Å². The normalized spacial score (nSPS) is 11.3. The van der Waals surface area contributed by atoms with Gasteiger partial charge in [0.1, 0.15) is 17.1 Å². The number of rotatable bonds is 10. The highest BCUT2D eigenvalue weighted by atomic mass is 32.2. The quantitative estimate of drug-likeness (QED) is 0.125. The van der Waals surface area contributed by atoms with Crippen LogP contribution in [0.4, 0.5) is 17.1 Å². The molecule has 11 nitrogen and oxygen atoms in total. The summed E-state index contributed by atoms with van der Waals surface area (Å²) in [7, 11) is -2.74. The number of hydrogen-bond acceptors (Lipinski definition) is 8. The summed E-state index contributed by atoms with van der Waals surface area (Å²) in [5.74, 6) is 0.309. The number of hydrazone groups is 1. The topological polar surface area (TPSA) is 141 Å². The molecule has 0 aliphatic carbocycles. The van der Waals surface area contributed by atoms with Gasteiger partial charge in [-0.05, 0) is 36.4 Å². The number of aromatic nitrogens is 2. The third kappa shape index (κ3) is 6.07. The van der Waals surface area contributed by atoms with E-state index < -0.39 is 20.6 Å². The Balaban J connectivity index is 1.43. The standard InChI is InChI=1S/C29H24N6O5S/c1-40-28-15-9-8-14-26(28)33-41(38,39)24-16-17-25(27(18-24)35(36)37)31-30-19-22-20-34(23-12-6-3-7-13-23)32-29(22)21-10-4-2-5-11-21/h2-20,31,33H,1H3/b30-19-. The molecule has 0 radical (unpaired) electrons. The second-order valence-electron chi connectivity index (χ2n) is 8.69. The lowest BCUT2D eigenvalue weighted by Gasteiger charge is -2.12. The first-order chi connectivity index (χ1) is 19.9. The van der Waals surface area contributed by atoms with Gasteiger partial charge in [0.05, 0.1) is 34.5 Å². The van der Waals surface area contributed by atoms with E-state index in [0.29, 0.717) is 17.0 Å². The number of para-hydroxylation sites is 3. The molecular formula is C29H24N6O5S. The van der Waals surface area contributed by atoms with Crippen molar-refractivity contribution in [2.24, 2.45) is 5.10 Å². The Labute approximate surface area is 235 Å². The van der Waals surface area contributed by atoms with E-state index in [9.17, 15) is 18.5 Å². The fraction of sp³-hybridized carbons (Fsp3) is 0.0345. The number of anilines is 2. The van der Waals surface area contributed by atoms with Crippen molar-refractivity contribution in [3.8, 4) is 22.7 Å². The Morgan fingerprint density at radius 3 is 2.32 bits per heavy atom. The number of nitro groups is 1. The average Bonchev–Trinajstić information content (AvgIpc) is 3.42. The molecular weight excluding hydrogens is 544 g/mol. The molecule has 12 heteroatoms. The molecule has 0 aliphatic rings. The van der Waals surface area contributed by atoms with Crippen molar-refractivity contribution in [1.29, 1.82) is 0 Å². The third-order valence-electron chi connectivity index (χ3n) is 6.03. The molecule has 1 aromatic heterocycles. The molecule has 0 spiro atoms. The number of methoxy groups -OCH3 is 1. The molecule has 5 rings (SSSR count). The van der Waals surface area contributed by atoms with Gasteiger partial charge in [-0.3, -0.25) is 20.3 Å². The Morgan fingerprint density at radius 1 is 0.927 bits per heavy atom. The largest absolute Gasteiger partial charge is 0.495 e. The first kappa shape index (κ1) is 27.1. The molecule has 4 aromatic carbocycles. The van der Waals surface area contributed by atoms with Crippen LogP contribution in [0, 0.1) is 10.1 Å². The van der Waals surface area contributed by atoms with Gasteiger partial charge in [0.25, 0.3) is 15.7 Å². The number of nitro benzene ring substituents is 1. The minimum absolute atomic E-state index is 0.0132. The van der Waals surface area contributed by atoms with Crippen molar-refractivity contribution >= 4 is 33.3 Å². The summed E-state index contributed by atoms with van der Waals surface area (Å²) in [4.78, 5) is 10.9. The zero-order valence-corrected chi connectivity index (χ0v) is 22.5. The molecule has 0 unspecified atom stereocenters. The number of benzene rings is 4. The van der Waals surface area contributed by atoms with E-state index in [-0.39, 0.29) is 16.3 Å². The fourth-order valence-electron chi connectivity index (χ4n) is 4.04. The van der Waals surface area contributed by atoms with Gasteiger partial charge in [-0.15, -0.1) is 0 Å². The third-order valence-corrected chi connectivity index (χ3v) is 7.39. The number of nitrogens with one attached hydrogen (secondary N) is 2. The average molecular weight is 569 g/mol. The molecule has 0 fully saturated rings. The van der Waals surface area contributed by atoms with Crippen molar-refractivity contribution in [2.45, 2.75) is 4.90 Å². The van der Waals surface area contributed by atoms with E-state index in [0.717, 1.165) is 17.3 Å². The van der Waals surface area contributed by atoms with Crippen LogP contribution in [-0.2, 0) is 10.0 Å². The maximum atomic E-state index is 13.0. The Bertz CT molecular complexity index is 1820. The Kier molecular flexibility index (Phi) is 7.74. The molecule has 0 saturated heterocycles. The van der Waals surface area contributed by atoms with Gasteiger partial charge in [0.15, 0.2) is 0 Å². The maximum Gasteiger partial charge on any atom is 0.295 e. The van der Waals surface area contributed by atoms with Crippen molar-refractivity contribution in [2.75, 3.05) is 17.3 Å². The molecule has 0 amide bonds. The van der Waals surface area contributed by atoms with Crippen LogP contribution in [0.25, 0.3) is 16.9 Å². The molecule has 0 saturated carbocycles. The monoisotopic (exact) mass is 568 g/mol. The molecule has 5 aromatic rings. The molecule has 2 N–H and O–H groups in total. The van der Waals surface area contributed by atoms with E-state index in [1.807, 2.05) is 60.7 Å². The smallest absolute Gasteiger partial charge is 0.295 e. The minimum Gasteiger partial charge on any atom is -0.495 e. The highest BCUT2D eigenvalue weighted by Gasteiger charge is 2.22. The van der Waals surface area contributed by atoms with E-state index in [1.54, 1.807) is 29.1 Å². The maximum absolute atomic E-state index is 13.0. The molecule has 0 atom stereocenters. The lowest BCUT2D eigenvalue weighted by molar-refractivity contribution is -0.384. The van der Waals surface area contributed by atoms with Crippen LogP contribution in [0.1, 0.15) is 5.56 Å². The highest BCUT2D eigenvalue weighted by molar-refractivity contribution is 7.92. The van der Waals surface area contributed by atoms with Crippen LogP contribution in [0.15, 0.2) is 119 Å². The van der Waals surface area contributed by atoms with Crippen LogP contribution in [0.2, 0.25) is 0 Å². The predicted octanol–water partition coefficient (Wildman–Crippen LogP) is 5.70. The van der Waals surface area contributed by atoms with E-state index in [1.165, 1.54) is 31.5 Å². The van der Waals surface area contributed by atoms with Gasteiger partial charge in [0, 0.05) is 23.4 Å². The van der Waals surface area contributed by atoms with Gasteiger partial charge in [-0.25, -0.2) is 13.1 Å². The zero-order valence-electron chi connectivity index (χ0n) is 21.7. The SMILES string of the molecule is COc1ccccc1NS(=O)(=O)c1ccc(N/N=C\c2cn(-c3ccccc3)nc2-c2ccccc2)c([N+](=O)[O-])c1. The van der Waals surface area contributed by atoms with Gasteiger partial charge in [-0.2, -0.15) is 10.2 Å². The summed E-state index contributed by atoms with van der Waals surface area (Å²) >= 11 is 0. The second-order valence-corrected chi connectivity index (χ2v) is 10.4. The van der Waals surface area contributed by atoms with Crippen LogP contribution in [-0.4, -0.2) is 36.4 Å². The minimum atomic E-state index is -4.15. The van der Waals surface area contributed by atoms with E-state index in [4.69, 9.17) is 9.84 Å². The molecule has 1 heterocycles.